The molecule has 5 bridgehead atoms. The summed E-state index contributed by atoms with van der Waals surface area (Å²) in [6.45, 7) is 26.1. The van der Waals surface area contributed by atoms with Gasteiger partial charge in [-0.15, -0.1) is 0 Å². The van der Waals surface area contributed by atoms with Gasteiger partial charge >= 0.3 is 18.2 Å². The van der Waals surface area contributed by atoms with E-state index in [4.69, 9.17) is 14.2 Å². The molecule has 0 aromatic heterocycles. The number of benzene rings is 1. The predicted molar refractivity (Wildman–Crippen MR) is 245 cm³/mol. The molecule has 0 heterocycles. The number of ketones is 1. The van der Waals surface area contributed by atoms with E-state index in [-0.39, 0.29) is 59.8 Å². The standard InChI is InChI=1S/C49H72N4O8S/c1-13-38(51-26-30(2)27-52-43(57)60-45(5,6)7)62-29-39(54)59-37-25-47(11,20-21-50-42(56)34-16-14-33(15-17-34)28-53-44(58)61-46(8,9)10)41(55)32(4)49-19-18-35(23-49)40-36(24-49)22-31(3)48(37,40)12/h13-17,26,31-32,35-37,40H,2,18-25,27-29H2,1,3-12H3,(H,50,56)(H,52,57)(H,53,58)/b38-13+,51-26?/t31-,32+,35?,36+,37-,40?,47+,48+,49-/m1/s1. The van der Waals surface area contributed by atoms with Crippen LogP contribution in [0.4, 0.5) is 9.59 Å². The predicted octanol–water partition coefficient (Wildman–Crippen LogP) is 9.57. The zero-order valence-corrected chi connectivity index (χ0v) is 39.9. The Labute approximate surface area is 374 Å². The number of nitrogens with one attached hydrogen (secondary N) is 3. The van der Waals surface area contributed by atoms with Crippen molar-refractivity contribution < 1.29 is 38.2 Å². The summed E-state index contributed by atoms with van der Waals surface area (Å²) in [4.78, 5) is 71.2. The molecule has 12 nitrogen and oxygen atoms in total. The van der Waals surface area contributed by atoms with E-state index in [0.717, 1.165) is 37.7 Å². The average molecular weight is 877 g/mol. The van der Waals surface area contributed by atoms with E-state index < -0.39 is 34.9 Å². The van der Waals surface area contributed by atoms with Crippen LogP contribution < -0.4 is 16.0 Å². The van der Waals surface area contributed by atoms with Crippen molar-refractivity contribution in [3.8, 4) is 0 Å². The van der Waals surface area contributed by atoms with Gasteiger partial charge in [0, 0.05) is 48.2 Å². The molecule has 62 heavy (non-hydrogen) atoms. The average Bonchev–Trinajstić information content (AvgIpc) is 3.66. The fourth-order valence-electron chi connectivity index (χ4n) is 11.1. The van der Waals surface area contributed by atoms with Crippen molar-refractivity contribution in [3.05, 3.63) is 58.6 Å². The van der Waals surface area contributed by atoms with E-state index in [1.165, 1.54) is 11.8 Å². The van der Waals surface area contributed by atoms with Gasteiger partial charge in [0.2, 0.25) is 0 Å². The zero-order valence-electron chi connectivity index (χ0n) is 39.0. The highest BCUT2D eigenvalue weighted by atomic mass is 32.2. The zero-order chi connectivity index (χ0) is 45.8. The second-order valence-electron chi connectivity index (χ2n) is 20.9. The summed E-state index contributed by atoms with van der Waals surface area (Å²) in [7, 11) is 0. The summed E-state index contributed by atoms with van der Waals surface area (Å²) >= 11 is 1.27. The first kappa shape index (κ1) is 48.9. The molecule has 5 saturated carbocycles. The van der Waals surface area contributed by atoms with Crippen LogP contribution in [0.15, 0.2) is 52.5 Å². The van der Waals surface area contributed by atoms with Gasteiger partial charge in [-0.05, 0) is 146 Å². The smallest absolute Gasteiger partial charge is 0.407 e. The molecular formula is C49H72N4O8S. The minimum atomic E-state index is -0.862. The van der Waals surface area contributed by atoms with E-state index in [0.29, 0.717) is 52.7 Å². The summed E-state index contributed by atoms with van der Waals surface area (Å²) < 4.78 is 17.3. The number of carbonyl (C=O) groups is 5. The third kappa shape index (κ3) is 11.7. The monoisotopic (exact) mass is 877 g/mol. The summed E-state index contributed by atoms with van der Waals surface area (Å²) in [6.07, 6.45) is 7.91. The topological polar surface area (TPSA) is 161 Å². The molecule has 1 aromatic carbocycles. The number of aliphatic imine (C=N–C) groups is 1. The van der Waals surface area contributed by atoms with Gasteiger partial charge in [-0.2, -0.15) is 0 Å². The van der Waals surface area contributed by atoms with Crippen molar-refractivity contribution >= 4 is 47.8 Å². The van der Waals surface area contributed by atoms with E-state index >= 15 is 4.79 Å². The lowest BCUT2D eigenvalue weighted by Crippen LogP contribution is -2.54. The molecule has 2 unspecified atom stereocenters. The second-order valence-corrected chi connectivity index (χ2v) is 21.9. The number of thioether (sulfide) groups is 1. The van der Waals surface area contributed by atoms with Gasteiger partial charge in [-0.25, -0.2) is 14.6 Å². The third-order valence-electron chi connectivity index (χ3n) is 14.1. The molecule has 1 aromatic rings. The summed E-state index contributed by atoms with van der Waals surface area (Å²) in [5, 5.41) is 9.10. The van der Waals surface area contributed by atoms with Crippen LogP contribution in [0.25, 0.3) is 0 Å². The van der Waals surface area contributed by atoms with Gasteiger partial charge in [-0.1, -0.05) is 64.2 Å². The van der Waals surface area contributed by atoms with Gasteiger partial charge in [0.05, 0.1) is 10.8 Å². The van der Waals surface area contributed by atoms with E-state index in [1.807, 2.05) is 19.9 Å². The van der Waals surface area contributed by atoms with Crippen LogP contribution in [0.3, 0.4) is 0 Å². The number of rotatable bonds is 14. The molecule has 5 aliphatic carbocycles. The Hall–Kier alpha value is -4.13. The molecular weight excluding hydrogens is 805 g/mol. The second kappa shape index (κ2) is 19.3. The molecule has 9 atom stereocenters. The molecule has 3 N–H and O–H groups in total. The van der Waals surface area contributed by atoms with Crippen molar-refractivity contribution in [1.29, 1.82) is 0 Å². The Morgan fingerprint density at radius 3 is 2.18 bits per heavy atom. The van der Waals surface area contributed by atoms with Crippen LogP contribution in [0, 0.1) is 45.8 Å². The maximum Gasteiger partial charge on any atom is 0.407 e. The Bertz CT molecular complexity index is 1920. The number of esters is 1. The maximum absolute atomic E-state index is 15.0. The molecule has 0 radical (unpaired) electrons. The molecule has 1 spiro atoms. The molecule has 3 amide bonds. The molecule has 342 valence electrons. The highest BCUT2D eigenvalue weighted by Gasteiger charge is 2.67. The first-order valence-electron chi connectivity index (χ1n) is 22.4. The lowest BCUT2D eigenvalue weighted by molar-refractivity contribution is -0.170. The van der Waals surface area contributed by atoms with Crippen molar-refractivity contribution in [2.24, 2.45) is 50.8 Å². The number of allylic oxidation sites excluding steroid dienone is 1. The number of hydrogen-bond acceptors (Lipinski definition) is 10. The number of nitrogens with zero attached hydrogens (tertiary/aromatic N) is 1. The van der Waals surface area contributed by atoms with Gasteiger partial charge in [-0.3, -0.25) is 14.4 Å². The molecule has 0 saturated heterocycles. The van der Waals surface area contributed by atoms with E-state index in [1.54, 1.807) is 72.0 Å². The maximum atomic E-state index is 15.0. The minimum absolute atomic E-state index is 0.0147. The fourth-order valence-corrected chi connectivity index (χ4v) is 11.7. The van der Waals surface area contributed by atoms with Crippen molar-refractivity contribution in [2.75, 3.05) is 18.8 Å². The minimum Gasteiger partial charge on any atom is -0.461 e. The van der Waals surface area contributed by atoms with Gasteiger partial charge < -0.3 is 30.2 Å². The number of Topliss-reactive ketones (excluding diaryl/α,β-unsaturated/α-hetero) is 1. The fraction of sp³-hybridized carbons (Fsp3) is 0.673. The van der Waals surface area contributed by atoms with Crippen LogP contribution in [-0.4, -0.2) is 72.2 Å². The van der Waals surface area contributed by atoms with Crippen LogP contribution in [0.5, 0.6) is 0 Å². The van der Waals surface area contributed by atoms with E-state index in [2.05, 4.69) is 48.3 Å². The van der Waals surface area contributed by atoms with Crippen molar-refractivity contribution in [1.82, 2.24) is 16.0 Å². The Balaban J connectivity index is 1.28. The summed E-state index contributed by atoms with van der Waals surface area (Å²) in [5.74, 6) is 1.18. The van der Waals surface area contributed by atoms with Crippen LogP contribution in [0.2, 0.25) is 0 Å². The molecule has 5 aliphatic rings. The van der Waals surface area contributed by atoms with Gasteiger partial charge in [0.15, 0.2) is 0 Å². The number of ether oxygens (including phenoxy) is 3. The quantitative estimate of drug-likeness (QED) is 0.0939. The third-order valence-corrected chi connectivity index (χ3v) is 15.2. The highest BCUT2D eigenvalue weighted by molar-refractivity contribution is 8.03. The lowest BCUT2D eigenvalue weighted by Gasteiger charge is -2.53. The summed E-state index contributed by atoms with van der Waals surface area (Å²) in [6, 6.07) is 7.05. The molecule has 0 aliphatic heterocycles. The Morgan fingerprint density at radius 2 is 1.55 bits per heavy atom. The molecule has 13 heteroatoms. The number of amides is 3. The van der Waals surface area contributed by atoms with Gasteiger partial charge in [0.25, 0.3) is 5.91 Å². The Kier molecular flexibility index (Phi) is 15.2. The number of alkyl carbamates (subject to hydrolysis) is 2. The lowest BCUT2D eigenvalue weighted by atomic mass is 9.52. The highest BCUT2D eigenvalue weighted by Crippen LogP contribution is 2.71. The van der Waals surface area contributed by atoms with Gasteiger partial charge in [0.1, 0.15) is 23.1 Å². The first-order chi connectivity index (χ1) is 28.9. The van der Waals surface area contributed by atoms with Crippen LogP contribution in [-0.2, 0) is 30.3 Å². The van der Waals surface area contributed by atoms with Crippen molar-refractivity contribution in [2.45, 2.75) is 145 Å². The molecule has 6 rings (SSSR count). The normalized spacial score (nSPS) is 30.8. The number of hydrogen-bond donors (Lipinski definition) is 3. The Morgan fingerprint density at radius 1 is 0.919 bits per heavy atom. The van der Waals surface area contributed by atoms with Crippen LogP contribution >= 0.6 is 11.8 Å². The molecule has 5 fully saturated rings. The largest absolute Gasteiger partial charge is 0.461 e. The number of fused-ring (bicyclic) bond motifs is 4. The van der Waals surface area contributed by atoms with E-state index in [9.17, 15) is 19.2 Å². The first-order valence-corrected chi connectivity index (χ1v) is 23.4. The summed E-state index contributed by atoms with van der Waals surface area (Å²) in [5.41, 5.74) is -0.545. The van der Waals surface area contributed by atoms with Crippen LogP contribution in [0.1, 0.15) is 137 Å². The van der Waals surface area contributed by atoms with Crippen molar-refractivity contribution in [3.63, 3.8) is 0 Å². The SMILES string of the molecule is C=C(C=N/C(=C\C)SCC(=O)O[C@@H]1C[C@](C)(CCNC(=O)c2ccc(CNC(=O)OC(C)(C)C)cc2)C(=O)[C@H](C)[C@]23CCC(C2)C2[C@@H](C[C@@H](C)[C@]21C)C3)CNC(=O)OC(C)(C)C. The number of carbonyl (C=O) groups excluding carboxylic acids is 5.